The van der Waals surface area contributed by atoms with Crippen LogP contribution in [-0.2, 0) is 0 Å². The van der Waals surface area contributed by atoms with Gasteiger partial charge in [-0.25, -0.2) is 14.5 Å². The summed E-state index contributed by atoms with van der Waals surface area (Å²) in [5.74, 6) is 0.671. The van der Waals surface area contributed by atoms with Crippen LogP contribution >= 0.6 is 11.3 Å². The van der Waals surface area contributed by atoms with E-state index in [1.165, 1.54) is 11.3 Å². The van der Waals surface area contributed by atoms with Gasteiger partial charge in [0.2, 0.25) is 4.96 Å². The maximum Gasteiger partial charge on any atom is 0.258 e. The Morgan fingerprint density at radius 2 is 1.81 bits per heavy atom. The Morgan fingerprint density at radius 3 is 2.61 bits per heavy atom. The van der Waals surface area contributed by atoms with Gasteiger partial charge in [0.1, 0.15) is 5.75 Å². The van der Waals surface area contributed by atoms with Crippen molar-refractivity contribution in [2.75, 3.05) is 12.4 Å². The van der Waals surface area contributed by atoms with E-state index in [2.05, 4.69) is 25.4 Å². The highest BCUT2D eigenvalue weighted by Gasteiger charge is 2.17. The summed E-state index contributed by atoms with van der Waals surface area (Å²) in [6.07, 6.45) is 0. The van der Waals surface area contributed by atoms with Gasteiger partial charge in [-0.2, -0.15) is 4.98 Å². The smallest absolute Gasteiger partial charge is 0.258 e. The molecule has 31 heavy (non-hydrogen) atoms. The third kappa shape index (κ3) is 3.38. The standard InChI is InChI=1S/C22H18N6O2S/c1-12-13(2)24-17-10-14(8-9-16(17)23-12)20(29)25-21-26-22-28(27-21)18(11-31-22)15-6-4-5-7-19(15)30-3/h4-11H,1-3H3,(H,25,27,29). The van der Waals surface area contributed by atoms with E-state index in [9.17, 15) is 4.79 Å². The molecule has 0 aliphatic rings. The van der Waals surface area contributed by atoms with Crippen molar-refractivity contribution in [2.45, 2.75) is 13.8 Å². The molecule has 0 saturated heterocycles. The monoisotopic (exact) mass is 430 g/mol. The van der Waals surface area contributed by atoms with Crippen LogP contribution < -0.4 is 10.1 Å². The molecule has 5 rings (SSSR count). The largest absolute Gasteiger partial charge is 0.496 e. The van der Waals surface area contributed by atoms with Crippen LogP contribution in [0.4, 0.5) is 5.95 Å². The third-order valence-electron chi connectivity index (χ3n) is 5.03. The van der Waals surface area contributed by atoms with Gasteiger partial charge in [0, 0.05) is 16.5 Å². The number of aromatic nitrogens is 5. The molecule has 0 unspecified atom stereocenters. The molecule has 3 heterocycles. The van der Waals surface area contributed by atoms with Crippen molar-refractivity contribution in [3.05, 3.63) is 64.8 Å². The number of carbonyl (C=O) groups is 1. The fraction of sp³-hybridized carbons (Fsp3) is 0.136. The van der Waals surface area contributed by atoms with Gasteiger partial charge in [-0.3, -0.25) is 10.1 Å². The minimum Gasteiger partial charge on any atom is -0.496 e. The van der Waals surface area contributed by atoms with Gasteiger partial charge in [0.15, 0.2) is 0 Å². The van der Waals surface area contributed by atoms with Gasteiger partial charge in [-0.1, -0.05) is 12.1 Å². The second kappa shape index (κ2) is 7.44. The predicted octanol–water partition coefficient (Wildman–Crippen LogP) is 4.28. The first kappa shape index (κ1) is 19.1. The molecule has 154 valence electrons. The third-order valence-corrected chi connectivity index (χ3v) is 5.84. The van der Waals surface area contributed by atoms with Gasteiger partial charge >= 0.3 is 0 Å². The zero-order chi connectivity index (χ0) is 21.5. The molecule has 0 radical (unpaired) electrons. The summed E-state index contributed by atoms with van der Waals surface area (Å²) in [5, 5.41) is 9.22. The number of fused-ring (bicyclic) bond motifs is 2. The molecule has 0 fully saturated rings. The summed E-state index contributed by atoms with van der Waals surface area (Å²) >= 11 is 1.44. The molecule has 1 amide bonds. The van der Waals surface area contributed by atoms with Crippen molar-refractivity contribution in [1.29, 1.82) is 0 Å². The Kier molecular flexibility index (Phi) is 4.59. The summed E-state index contributed by atoms with van der Waals surface area (Å²) in [4.78, 5) is 26.9. The number of rotatable bonds is 4. The van der Waals surface area contributed by atoms with Crippen LogP contribution in [0.1, 0.15) is 21.7 Å². The van der Waals surface area contributed by atoms with Crippen LogP contribution in [0.2, 0.25) is 0 Å². The molecule has 1 N–H and O–H groups in total. The fourth-order valence-electron chi connectivity index (χ4n) is 3.32. The maximum absolute atomic E-state index is 12.8. The Bertz CT molecular complexity index is 1460. The van der Waals surface area contributed by atoms with Crippen molar-refractivity contribution < 1.29 is 9.53 Å². The van der Waals surface area contributed by atoms with Crippen LogP contribution in [-0.4, -0.2) is 37.6 Å². The first-order chi connectivity index (χ1) is 15.0. The summed E-state index contributed by atoms with van der Waals surface area (Å²) in [6.45, 7) is 3.81. The average Bonchev–Trinajstić information content (AvgIpc) is 3.34. The highest BCUT2D eigenvalue weighted by Crippen LogP contribution is 2.32. The minimum atomic E-state index is -0.306. The quantitative estimate of drug-likeness (QED) is 0.457. The van der Waals surface area contributed by atoms with Crippen molar-refractivity contribution in [3.8, 4) is 17.0 Å². The molecular weight excluding hydrogens is 412 g/mol. The van der Waals surface area contributed by atoms with Crippen LogP contribution in [0.25, 0.3) is 27.3 Å². The van der Waals surface area contributed by atoms with E-state index < -0.39 is 0 Å². The second-order valence-electron chi connectivity index (χ2n) is 7.00. The second-order valence-corrected chi connectivity index (χ2v) is 7.84. The lowest BCUT2D eigenvalue weighted by molar-refractivity contribution is 0.102. The number of aryl methyl sites for hydroxylation is 2. The van der Waals surface area contributed by atoms with Gasteiger partial charge in [0.25, 0.3) is 11.9 Å². The number of para-hydroxylation sites is 1. The summed E-state index contributed by atoms with van der Waals surface area (Å²) in [6, 6.07) is 12.9. The minimum absolute atomic E-state index is 0.235. The van der Waals surface area contributed by atoms with Crippen molar-refractivity contribution in [1.82, 2.24) is 24.6 Å². The summed E-state index contributed by atoms with van der Waals surface area (Å²) in [5.41, 5.74) is 5.35. The molecule has 0 aliphatic carbocycles. The van der Waals surface area contributed by atoms with Gasteiger partial charge in [-0.15, -0.1) is 16.4 Å². The Balaban J connectivity index is 1.46. The Hall–Kier alpha value is -3.85. The lowest BCUT2D eigenvalue weighted by atomic mass is 10.1. The number of ether oxygens (including phenoxy) is 1. The zero-order valence-electron chi connectivity index (χ0n) is 17.1. The van der Waals surface area contributed by atoms with E-state index in [4.69, 9.17) is 4.74 Å². The summed E-state index contributed by atoms with van der Waals surface area (Å²) in [7, 11) is 1.63. The maximum atomic E-state index is 12.8. The molecular formula is C22H18N6O2S. The van der Waals surface area contributed by atoms with E-state index in [1.54, 1.807) is 29.8 Å². The molecule has 5 aromatic rings. The summed E-state index contributed by atoms with van der Waals surface area (Å²) < 4.78 is 7.16. The van der Waals surface area contributed by atoms with Gasteiger partial charge in [0.05, 0.1) is 35.2 Å². The Morgan fingerprint density at radius 1 is 1.03 bits per heavy atom. The van der Waals surface area contributed by atoms with E-state index in [1.807, 2.05) is 43.5 Å². The molecule has 9 heteroatoms. The topological polar surface area (TPSA) is 94.3 Å². The van der Waals surface area contributed by atoms with Crippen molar-refractivity contribution in [3.63, 3.8) is 0 Å². The Labute approximate surface area is 181 Å². The number of hydrogen-bond donors (Lipinski definition) is 1. The average molecular weight is 430 g/mol. The lowest BCUT2D eigenvalue weighted by Crippen LogP contribution is -2.13. The first-order valence-corrected chi connectivity index (χ1v) is 10.5. The van der Waals surface area contributed by atoms with E-state index in [-0.39, 0.29) is 11.9 Å². The zero-order valence-corrected chi connectivity index (χ0v) is 17.9. The van der Waals surface area contributed by atoms with Crippen LogP contribution in [0.15, 0.2) is 47.8 Å². The number of nitrogens with zero attached hydrogens (tertiary/aromatic N) is 5. The fourth-order valence-corrected chi connectivity index (χ4v) is 4.14. The molecule has 8 nitrogen and oxygen atoms in total. The molecule has 3 aromatic heterocycles. The van der Waals surface area contributed by atoms with Crippen molar-refractivity contribution >= 4 is 39.2 Å². The highest BCUT2D eigenvalue weighted by molar-refractivity contribution is 7.15. The molecule has 0 aliphatic heterocycles. The van der Waals surface area contributed by atoms with E-state index >= 15 is 0 Å². The molecule has 0 atom stereocenters. The number of amides is 1. The number of thiazole rings is 1. The first-order valence-electron chi connectivity index (χ1n) is 9.57. The van der Waals surface area contributed by atoms with E-state index in [0.29, 0.717) is 16.0 Å². The lowest BCUT2D eigenvalue weighted by Gasteiger charge is -2.06. The van der Waals surface area contributed by atoms with Gasteiger partial charge < -0.3 is 4.74 Å². The number of benzene rings is 2. The van der Waals surface area contributed by atoms with Crippen LogP contribution in [0, 0.1) is 13.8 Å². The number of anilines is 1. The number of carbonyl (C=O) groups excluding carboxylic acids is 1. The molecule has 0 spiro atoms. The number of methoxy groups -OCH3 is 1. The molecule has 2 aromatic carbocycles. The van der Waals surface area contributed by atoms with Crippen molar-refractivity contribution in [2.24, 2.45) is 0 Å². The normalized spacial score (nSPS) is 11.2. The van der Waals surface area contributed by atoms with E-state index in [0.717, 1.165) is 33.9 Å². The molecule has 0 saturated carbocycles. The SMILES string of the molecule is COc1ccccc1-c1csc2nc(NC(=O)c3ccc4nc(C)c(C)nc4c3)nn12. The number of nitrogens with one attached hydrogen (secondary N) is 1. The molecule has 0 bridgehead atoms. The number of hydrogen-bond acceptors (Lipinski definition) is 7. The van der Waals surface area contributed by atoms with Gasteiger partial charge in [-0.05, 0) is 44.2 Å². The predicted molar refractivity (Wildman–Crippen MR) is 120 cm³/mol. The highest BCUT2D eigenvalue weighted by atomic mass is 32.1. The van der Waals surface area contributed by atoms with Crippen LogP contribution in [0.3, 0.4) is 0 Å². The van der Waals surface area contributed by atoms with Crippen LogP contribution in [0.5, 0.6) is 5.75 Å².